The smallest absolute Gasteiger partial charge is 0.149 e. The van der Waals surface area contributed by atoms with Crippen LogP contribution in [0.5, 0.6) is 5.75 Å². The Balaban J connectivity index is 1.36. The van der Waals surface area contributed by atoms with E-state index in [9.17, 15) is 6.48 Å². The van der Waals surface area contributed by atoms with Crippen molar-refractivity contribution in [3.05, 3.63) is 167 Å². The monoisotopic (exact) mass is 788 g/mol. The molecule has 0 saturated heterocycles. The van der Waals surface area contributed by atoms with Crippen LogP contribution in [0.2, 0.25) is 0 Å². The molecule has 0 fully saturated rings. The minimum Gasteiger partial charge on any atom is -0.507 e. The molecule has 0 spiro atoms. The van der Waals surface area contributed by atoms with Gasteiger partial charge in [0.15, 0.2) is 0 Å². The summed E-state index contributed by atoms with van der Waals surface area (Å²) in [5.41, 5.74) is 4.62. The SMILES string of the molecule is [2H]c1c([2H])c(C(C([2H])([2H])[2H])(C([2H])([2H])[2H])C([2H])([2H])[2H])c([2H])c([2H])c1-c1ccnc(-c2cc(-c3cccc4c3nc(-c3cc(C)cc(C)c3O)n4-c3ccc(-c4ccccc4)c(C([2H])(C)C)c3)cc(C(C)(C)C)c2)c1. The molecule has 4 nitrogen and oxygen atoms in total. The second-order valence-electron chi connectivity index (χ2n) is 16.5. The second-order valence-corrected chi connectivity index (χ2v) is 16.5. The van der Waals surface area contributed by atoms with Crippen molar-refractivity contribution in [2.75, 3.05) is 0 Å². The van der Waals surface area contributed by atoms with Gasteiger partial charge in [-0.1, -0.05) is 140 Å². The van der Waals surface area contributed by atoms with Crippen LogP contribution in [0.25, 0.3) is 72.7 Å². The molecular weight excluding hydrogens is 719 g/mol. The molecule has 0 saturated carbocycles. The lowest BCUT2D eigenvalue weighted by Crippen LogP contribution is -2.11. The first-order chi connectivity index (χ1) is 33.8. The van der Waals surface area contributed by atoms with E-state index in [2.05, 4.69) is 26.8 Å². The van der Waals surface area contributed by atoms with E-state index in [0.29, 0.717) is 33.7 Å². The zero-order valence-corrected chi connectivity index (χ0v) is 34.3. The first-order valence-electron chi connectivity index (χ1n) is 26.6. The van der Waals surface area contributed by atoms with Crippen molar-refractivity contribution in [1.29, 1.82) is 0 Å². The highest BCUT2D eigenvalue weighted by atomic mass is 16.3. The van der Waals surface area contributed by atoms with E-state index < -0.39 is 67.0 Å². The van der Waals surface area contributed by atoms with Crippen LogP contribution in [-0.4, -0.2) is 19.6 Å². The number of rotatable bonds is 7. The Hall–Kier alpha value is -6.26. The molecule has 59 heavy (non-hydrogen) atoms. The molecule has 296 valence electrons. The number of hydrogen-bond acceptors (Lipinski definition) is 3. The number of benzene rings is 6. The van der Waals surface area contributed by atoms with Crippen molar-refractivity contribution < 1.29 is 24.3 Å². The Labute approximate surface area is 370 Å². The van der Waals surface area contributed by atoms with Gasteiger partial charge < -0.3 is 5.11 Å². The number of imidazole rings is 1. The van der Waals surface area contributed by atoms with E-state index in [0.717, 1.165) is 50.1 Å². The van der Waals surface area contributed by atoms with Crippen LogP contribution < -0.4 is 0 Å². The molecule has 1 N–H and O–H groups in total. The minimum absolute atomic E-state index is 0.0798. The van der Waals surface area contributed by atoms with Crippen molar-refractivity contribution in [3.8, 4) is 67.5 Å². The van der Waals surface area contributed by atoms with Crippen molar-refractivity contribution in [2.45, 2.75) is 85.7 Å². The Morgan fingerprint density at radius 1 is 0.661 bits per heavy atom. The summed E-state index contributed by atoms with van der Waals surface area (Å²) in [5, 5.41) is 11.7. The Kier molecular flexibility index (Phi) is 6.67. The number of hydrogen-bond donors (Lipinski definition) is 1. The molecular formula is C55H55N3O. The molecule has 8 rings (SSSR count). The normalized spacial score (nSPS) is 16.4. The third-order valence-corrected chi connectivity index (χ3v) is 10.7. The standard InChI is InChI=1S/C55H55N3O/c1-34(2)47-33-44(23-24-45(47)38-15-12-11-13-16-38)58-50-18-14-17-46(51(50)57-53(58)48-28-35(3)27-36(4)52(48)59)40-29-41(31-43(30-40)55(8,9)10)49-32-39(25-26-56-49)37-19-21-42(22-20-37)54(5,6)7/h11-34,59H,1-10H3/i5D3,6D3,7D3,19D,20D,21D,22D,34D. The molecule has 2 heterocycles. The number of aryl methyl sites for hydroxylation is 2. The zero-order chi connectivity index (χ0) is 53.7. The molecule has 0 aliphatic heterocycles. The van der Waals surface area contributed by atoms with Crippen LogP contribution in [-0.2, 0) is 10.8 Å². The van der Waals surface area contributed by atoms with Gasteiger partial charge in [-0.3, -0.25) is 9.55 Å². The van der Waals surface area contributed by atoms with Gasteiger partial charge in [0.2, 0.25) is 0 Å². The lowest BCUT2D eigenvalue weighted by atomic mass is 9.83. The van der Waals surface area contributed by atoms with Gasteiger partial charge in [0.05, 0.1) is 27.8 Å². The molecule has 0 amide bonds. The Morgan fingerprint density at radius 2 is 1.41 bits per heavy atom. The van der Waals surface area contributed by atoms with E-state index >= 15 is 0 Å². The van der Waals surface area contributed by atoms with Crippen LogP contribution in [0.3, 0.4) is 0 Å². The van der Waals surface area contributed by atoms with E-state index in [4.69, 9.17) is 27.8 Å². The topological polar surface area (TPSA) is 50.9 Å². The van der Waals surface area contributed by atoms with Crippen molar-refractivity contribution in [2.24, 2.45) is 0 Å². The minimum atomic E-state index is -3.81. The maximum absolute atomic E-state index is 11.7. The maximum atomic E-state index is 11.7. The fourth-order valence-corrected chi connectivity index (χ4v) is 7.61. The average Bonchev–Trinajstić information content (AvgIpc) is 3.69. The van der Waals surface area contributed by atoms with E-state index in [1.807, 2.05) is 123 Å². The average molecular weight is 788 g/mol. The summed E-state index contributed by atoms with van der Waals surface area (Å²) in [7, 11) is 0. The largest absolute Gasteiger partial charge is 0.507 e. The molecule has 8 aromatic rings. The number of nitrogens with zero attached hydrogens (tertiary/aromatic N) is 3. The van der Waals surface area contributed by atoms with Crippen LogP contribution in [0.1, 0.15) is 108 Å². The van der Waals surface area contributed by atoms with Crippen LogP contribution in [0.15, 0.2) is 140 Å². The summed E-state index contributed by atoms with van der Waals surface area (Å²) in [5.74, 6) is -0.447. The fourth-order valence-electron chi connectivity index (χ4n) is 7.61. The third kappa shape index (κ3) is 7.72. The Morgan fingerprint density at radius 3 is 2.12 bits per heavy atom. The number of pyridine rings is 1. The highest BCUT2D eigenvalue weighted by Gasteiger charge is 2.24. The van der Waals surface area contributed by atoms with Crippen molar-refractivity contribution in [1.82, 2.24) is 14.5 Å². The van der Waals surface area contributed by atoms with Gasteiger partial charge in [-0.2, -0.15) is 0 Å². The summed E-state index contributed by atoms with van der Waals surface area (Å²) in [6.07, 6.45) is 1.42. The molecule has 0 radical (unpaired) electrons. The predicted molar refractivity (Wildman–Crippen MR) is 249 cm³/mol. The van der Waals surface area contributed by atoms with Gasteiger partial charge in [0.25, 0.3) is 0 Å². The summed E-state index contributed by atoms with van der Waals surface area (Å²) in [4.78, 5) is 10.1. The van der Waals surface area contributed by atoms with Crippen LogP contribution >= 0.6 is 0 Å². The number of aromatic nitrogens is 3. The van der Waals surface area contributed by atoms with Crippen molar-refractivity contribution in [3.63, 3.8) is 0 Å². The molecule has 0 unspecified atom stereocenters. The van der Waals surface area contributed by atoms with Crippen LogP contribution in [0.4, 0.5) is 0 Å². The fraction of sp³-hybridized carbons (Fsp3) is 0.236. The molecule has 0 atom stereocenters. The summed E-state index contributed by atoms with van der Waals surface area (Å²) in [6, 6.07) is 30.8. The molecule has 2 aromatic heterocycles. The first kappa shape index (κ1) is 26.0. The van der Waals surface area contributed by atoms with Gasteiger partial charge in [-0.15, -0.1) is 0 Å². The van der Waals surface area contributed by atoms with Gasteiger partial charge in [0, 0.05) is 36.7 Å². The lowest BCUT2D eigenvalue weighted by molar-refractivity contribution is 0.472. The van der Waals surface area contributed by atoms with Gasteiger partial charge in [-0.05, 0) is 135 Å². The second kappa shape index (κ2) is 15.2. The molecule has 4 heteroatoms. The lowest BCUT2D eigenvalue weighted by Gasteiger charge is -2.22. The number of para-hydroxylation sites is 1. The quantitative estimate of drug-likeness (QED) is 0.175. The number of phenolic OH excluding ortho intramolecular Hbond substituents is 1. The van der Waals surface area contributed by atoms with Gasteiger partial charge in [-0.25, -0.2) is 4.98 Å². The third-order valence-electron chi connectivity index (χ3n) is 10.7. The highest BCUT2D eigenvalue weighted by molar-refractivity contribution is 5.97. The zero-order valence-electron chi connectivity index (χ0n) is 48.3. The van der Waals surface area contributed by atoms with E-state index in [1.165, 1.54) is 12.3 Å². The number of fused-ring (bicyclic) bond motifs is 1. The summed E-state index contributed by atoms with van der Waals surface area (Å²) < 4.78 is 121. The summed E-state index contributed by atoms with van der Waals surface area (Å²) in [6.45, 7) is 2.27. The molecule has 6 aromatic carbocycles. The van der Waals surface area contributed by atoms with Crippen LogP contribution in [0, 0.1) is 13.8 Å². The number of phenols is 1. The van der Waals surface area contributed by atoms with Gasteiger partial charge >= 0.3 is 0 Å². The number of aromatic hydroxyl groups is 1. The molecule has 0 aliphatic rings. The van der Waals surface area contributed by atoms with Gasteiger partial charge in [0.1, 0.15) is 11.6 Å². The van der Waals surface area contributed by atoms with E-state index in [1.54, 1.807) is 6.07 Å². The first-order valence-corrected chi connectivity index (χ1v) is 19.6. The Bertz CT molecular complexity index is 3400. The van der Waals surface area contributed by atoms with Crippen molar-refractivity contribution >= 4 is 11.0 Å². The van der Waals surface area contributed by atoms with E-state index in [-0.39, 0.29) is 16.9 Å². The predicted octanol–water partition coefficient (Wildman–Crippen LogP) is 14.8. The highest BCUT2D eigenvalue weighted by Crippen LogP contribution is 2.42. The summed E-state index contributed by atoms with van der Waals surface area (Å²) >= 11 is 0. The molecule has 0 aliphatic carbocycles. The molecule has 0 bridgehead atoms. The maximum Gasteiger partial charge on any atom is 0.149 e.